The summed E-state index contributed by atoms with van der Waals surface area (Å²) in [5, 5.41) is 1.05. The van der Waals surface area contributed by atoms with Gasteiger partial charge in [-0.3, -0.25) is 0 Å². The zero-order valence-electron chi connectivity index (χ0n) is 15.8. The SMILES string of the molecule is C[S+]([O-])Cc1cccc2c(C(C)(c3ccc(C(F)(F)F)cc3)C3CC3)c[nH]c12. The van der Waals surface area contributed by atoms with Gasteiger partial charge in [-0.25, -0.2) is 0 Å². The van der Waals surface area contributed by atoms with Gasteiger partial charge in [0.2, 0.25) is 0 Å². The molecule has 1 N–H and O–H groups in total. The molecule has 0 saturated heterocycles. The highest BCUT2D eigenvalue weighted by Crippen LogP contribution is 2.53. The molecule has 1 aliphatic rings. The molecule has 148 valence electrons. The zero-order chi connectivity index (χ0) is 20.1. The molecular weight excluding hydrogens is 383 g/mol. The van der Waals surface area contributed by atoms with Crippen LogP contribution >= 0.6 is 0 Å². The highest BCUT2D eigenvalue weighted by atomic mass is 32.2. The Bertz CT molecular complexity index is 989. The van der Waals surface area contributed by atoms with Gasteiger partial charge >= 0.3 is 6.18 Å². The van der Waals surface area contributed by atoms with Crippen LogP contribution in [0.2, 0.25) is 0 Å². The lowest BCUT2D eigenvalue weighted by atomic mass is 9.72. The Hall–Kier alpha value is -1.92. The highest BCUT2D eigenvalue weighted by molar-refractivity contribution is 7.89. The van der Waals surface area contributed by atoms with Crippen LogP contribution < -0.4 is 0 Å². The molecule has 0 radical (unpaired) electrons. The van der Waals surface area contributed by atoms with Crippen molar-refractivity contribution < 1.29 is 17.7 Å². The number of nitrogens with one attached hydrogen (secondary N) is 1. The lowest BCUT2D eigenvalue weighted by molar-refractivity contribution is -0.137. The summed E-state index contributed by atoms with van der Waals surface area (Å²) in [7, 11) is 0. The van der Waals surface area contributed by atoms with E-state index in [1.54, 1.807) is 18.4 Å². The number of alkyl halides is 3. The van der Waals surface area contributed by atoms with Gasteiger partial charge in [-0.1, -0.05) is 48.4 Å². The van der Waals surface area contributed by atoms with Crippen LogP contribution in [0.3, 0.4) is 0 Å². The van der Waals surface area contributed by atoms with Crippen molar-refractivity contribution in [2.24, 2.45) is 5.92 Å². The molecular formula is C22H22F3NOS. The van der Waals surface area contributed by atoms with Gasteiger partial charge in [-0.15, -0.1) is 0 Å². The minimum absolute atomic E-state index is 0.369. The fourth-order valence-electron chi connectivity index (χ4n) is 4.26. The van der Waals surface area contributed by atoms with Crippen LogP contribution in [-0.2, 0) is 28.5 Å². The smallest absolute Gasteiger partial charge is 0.416 e. The Morgan fingerprint density at radius 3 is 2.29 bits per heavy atom. The van der Waals surface area contributed by atoms with Crippen LogP contribution in [-0.4, -0.2) is 15.8 Å². The second-order valence-corrected chi connectivity index (χ2v) is 9.25. The van der Waals surface area contributed by atoms with Crippen LogP contribution in [0.25, 0.3) is 10.9 Å². The highest BCUT2D eigenvalue weighted by Gasteiger charge is 2.45. The van der Waals surface area contributed by atoms with E-state index in [0.29, 0.717) is 11.7 Å². The van der Waals surface area contributed by atoms with Gasteiger partial charge < -0.3 is 9.54 Å². The Morgan fingerprint density at radius 1 is 1.07 bits per heavy atom. The first kappa shape index (κ1) is 19.4. The molecule has 6 heteroatoms. The molecule has 2 aromatic carbocycles. The lowest BCUT2D eigenvalue weighted by Crippen LogP contribution is -2.26. The molecule has 0 bridgehead atoms. The molecule has 1 aromatic heterocycles. The largest absolute Gasteiger partial charge is 0.616 e. The van der Waals surface area contributed by atoms with E-state index in [0.717, 1.165) is 40.4 Å². The van der Waals surface area contributed by atoms with Gasteiger partial charge in [0.15, 0.2) is 0 Å². The molecule has 1 fully saturated rings. The molecule has 0 amide bonds. The van der Waals surface area contributed by atoms with Gasteiger partial charge in [0.25, 0.3) is 0 Å². The Morgan fingerprint density at radius 2 is 1.71 bits per heavy atom. The predicted octanol–water partition coefficient (Wildman–Crippen LogP) is 5.78. The number of halogens is 3. The molecule has 2 atom stereocenters. The van der Waals surface area contributed by atoms with E-state index in [1.165, 1.54) is 12.1 Å². The van der Waals surface area contributed by atoms with Gasteiger partial charge in [0.1, 0.15) is 5.75 Å². The first-order valence-corrected chi connectivity index (χ1v) is 11.0. The summed E-state index contributed by atoms with van der Waals surface area (Å²) in [4.78, 5) is 3.34. The third-order valence-electron chi connectivity index (χ3n) is 5.93. The summed E-state index contributed by atoms with van der Waals surface area (Å²) in [5.41, 5.74) is 2.95. The van der Waals surface area contributed by atoms with Crippen molar-refractivity contribution in [2.45, 2.75) is 37.1 Å². The zero-order valence-corrected chi connectivity index (χ0v) is 16.6. The Balaban J connectivity index is 1.82. The van der Waals surface area contributed by atoms with Gasteiger partial charge in [-0.05, 0) is 42.0 Å². The average molecular weight is 405 g/mol. The molecule has 2 nitrogen and oxygen atoms in total. The molecule has 1 heterocycles. The fourth-order valence-corrected chi connectivity index (χ4v) is 4.94. The number of aromatic nitrogens is 1. The summed E-state index contributed by atoms with van der Waals surface area (Å²) in [6.45, 7) is 2.13. The van der Waals surface area contributed by atoms with E-state index in [1.807, 2.05) is 24.4 Å². The maximum Gasteiger partial charge on any atom is 0.416 e. The van der Waals surface area contributed by atoms with E-state index in [9.17, 15) is 17.7 Å². The number of benzene rings is 2. The van der Waals surface area contributed by atoms with E-state index < -0.39 is 22.9 Å². The molecule has 0 spiro atoms. The number of H-pyrrole nitrogens is 1. The van der Waals surface area contributed by atoms with Crippen molar-refractivity contribution in [3.8, 4) is 0 Å². The van der Waals surface area contributed by atoms with Gasteiger partial charge in [-0.2, -0.15) is 13.2 Å². The molecule has 2 unspecified atom stereocenters. The molecule has 3 aromatic rings. The van der Waals surface area contributed by atoms with Crippen LogP contribution in [0, 0.1) is 5.92 Å². The third kappa shape index (κ3) is 3.33. The van der Waals surface area contributed by atoms with Crippen molar-refractivity contribution in [1.29, 1.82) is 0 Å². The minimum atomic E-state index is -4.33. The molecule has 28 heavy (non-hydrogen) atoms. The van der Waals surface area contributed by atoms with E-state index in [-0.39, 0.29) is 5.41 Å². The van der Waals surface area contributed by atoms with E-state index in [2.05, 4.69) is 11.9 Å². The Kier molecular flexibility index (Phi) is 4.74. The first-order chi connectivity index (χ1) is 13.2. The third-order valence-corrected chi connectivity index (χ3v) is 6.64. The summed E-state index contributed by atoms with van der Waals surface area (Å²) in [6.07, 6.45) is 1.44. The number of hydrogen-bond donors (Lipinski definition) is 1. The van der Waals surface area contributed by atoms with Crippen molar-refractivity contribution in [1.82, 2.24) is 4.98 Å². The first-order valence-electron chi connectivity index (χ1n) is 9.28. The summed E-state index contributed by atoms with van der Waals surface area (Å²) >= 11 is -0.955. The summed E-state index contributed by atoms with van der Waals surface area (Å²) in [6, 6.07) is 11.6. The van der Waals surface area contributed by atoms with Crippen molar-refractivity contribution >= 4 is 22.1 Å². The van der Waals surface area contributed by atoms with Gasteiger partial charge in [0, 0.05) is 22.6 Å². The molecule has 0 aliphatic heterocycles. The van der Waals surface area contributed by atoms with Crippen LogP contribution in [0.15, 0.2) is 48.7 Å². The predicted molar refractivity (Wildman–Crippen MR) is 107 cm³/mol. The van der Waals surface area contributed by atoms with Crippen molar-refractivity contribution in [3.05, 3.63) is 70.9 Å². The normalized spacial score (nSPS) is 18.2. The lowest BCUT2D eigenvalue weighted by Gasteiger charge is -2.31. The van der Waals surface area contributed by atoms with Crippen molar-refractivity contribution in [2.75, 3.05) is 6.26 Å². The van der Waals surface area contributed by atoms with Crippen LogP contribution in [0.5, 0.6) is 0 Å². The summed E-state index contributed by atoms with van der Waals surface area (Å²) in [5.74, 6) is 0.866. The number of aromatic amines is 1. The minimum Gasteiger partial charge on any atom is -0.616 e. The summed E-state index contributed by atoms with van der Waals surface area (Å²) < 4.78 is 50.7. The number of fused-ring (bicyclic) bond motifs is 1. The number of para-hydroxylation sites is 1. The van der Waals surface area contributed by atoms with Crippen LogP contribution in [0.4, 0.5) is 13.2 Å². The molecule has 1 saturated carbocycles. The van der Waals surface area contributed by atoms with Crippen LogP contribution in [0.1, 0.15) is 42.0 Å². The van der Waals surface area contributed by atoms with Crippen molar-refractivity contribution in [3.63, 3.8) is 0 Å². The number of hydrogen-bond acceptors (Lipinski definition) is 1. The van der Waals surface area contributed by atoms with E-state index in [4.69, 9.17) is 0 Å². The Labute approximate surface area is 165 Å². The molecule has 1 aliphatic carbocycles. The second kappa shape index (κ2) is 6.85. The average Bonchev–Trinajstić information content (AvgIpc) is 3.40. The molecule has 4 rings (SSSR count). The number of rotatable bonds is 5. The monoisotopic (exact) mass is 405 g/mol. The fraction of sp³-hybridized carbons (Fsp3) is 0.364. The maximum atomic E-state index is 13.0. The van der Waals surface area contributed by atoms with Gasteiger partial charge in [0.05, 0.1) is 17.3 Å². The second-order valence-electron chi connectivity index (χ2n) is 7.81. The topological polar surface area (TPSA) is 38.8 Å². The van der Waals surface area contributed by atoms with E-state index >= 15 is 0 Å². The standard InChI is InChI=1S/C22H22F3NOS/c1-21(15-6-7-15,16-8-10-17(11-9-16)22(23,24)25)19-12-26-20-14(13-28(2)27)4-3-5-18(19)20/h3-5,8-12,15,26H,6-7,13H2,1-2H3. The quantitative estimate of drug-likeness (QED) is 0.537. The maximum absolute atomic E-state index is 13.0.